The van der Waals surface area contributed by atoms with Gasteiger partial charge in [-0.3, -0.25) is 9.59 Å². The number of Topliss-reactive ketones (excluding diaryl/α,β-unsaturated/α-hetero) is 2. The molecule has 5 aliphatic rings. The molecule has 5 rings (SSSR count). The van der Waals surface area contributed by atoms with E-state index >= 15 is 0 Å². The SMILES string of the molecule is C[C@@]12CCC[C@H]1[C@@H]1C(=O)C(=O)C3C/C(=N/O[C@@H]4CCNC4)CC[C@]3(C)[C@H]1CC2.Cl. The van der Waals surface area contributed by atoms with Crippen molar-refractivity contribution in [2.45, 2.75) is 77.7 Å². The van der Waals surface area contributed by atoms with Crippen LogP contribution in [0, 0.1) is 34.5 Å². The molecule has 1 aliphatic heterocycles. The Hall–Kier alpha value is -0.940. The molecule has 0 amide bonds. The van der Waals surface area contributed by atoms with Crippen molar-refractivity contribution in [2.24, 2.45) is 39.7 Å². The van der Waals surface area contributed by atoms with E-state index in [0.717, 1.165) is 50.9 Å². The van der Waals surface area contributed by atoms with Crippen molar-refractivity contribution in [3.8, 4) is 0 Å². The lowest BCUT2D eigenvalue weighted by atomic mass is 9.44. The summed E-state index contributed by atoms with van der Waals surface area (Å²) in [4.78, 5) is 32.3. The molecule has 1 unspecified atom stereocenters. The number of carbonyl (C=O) groups excluding carboxylic acids is 2. The monoisotopic (exact) mass is 422 g/mol. The van der Waals surface area contributed by atoms with Crippen LogP contribution in [-0.2, 0) is 14.4 Å². The van der Waals surface area contributed by atoms with Gasteiger partial charge in [0.15, 0.2) is 0 Å². The van der Waals surface area contributed by atoms with Crippen LogP contribution in [0.1, 0.15) is 71.6 Å². The Balaban J connectivity index is 0.00000205. The summed E-state index contributed by atoms with van der Waals surface area (Å²) in [6, 6.07) is 0. The Morgan fingerprint density at radius 1 is 1.03 bits per heavy atom. The molecule has 1 saturated heterocycles. The second kappa shape index (κ2) is 7.64. The van der Waals surface area contributed by atoms with E-state index in [1.165, 1.54) is 19.3 Å². The van der Waals surface area contributed by atoms with E-state index < -0.39 is 0 Å². The molecule has 4 aliphatic carbocycles. The predicted octanol–water partition coefficient (Wildman–Crippen LogP) is 3.93. The molecule has 1 N–H and O–H groups in total. The average molecular weight is 423 g/mol. The zero-order valence-electron chi connectivity index (χ0n) is 17.7. The van der Waals surface area contributed by atoms with E-state index in [1.54, 1.807) is 0 Å². The minimum atomic E-state index is -0.190. The van der Waals surface area contributed by atoms with Gasteiger partial charge in [0, 0.05) is 24.8 Å². The first-order valence-electron chi connectivity index (χ1n) is 11.4. The largest absolute Gasteiger partial charge is 0.391 e. The van der Waals surface area contributed by atoms with E-state index in [4.69, 9.17) is 4.84 Å². The number of hydrogen-bond donors (Lipinski definition) is 1. The number of carbonyl (C=O) groups is 2. The van der Waals surface area contributed by atoms with Crippen LogP contribution >= 0.6 is 12.4 Å². The molecule has 0 aromatic heterocycles. The van der Waals surface area contributed by atoms with Gasteiger partial charge in [0.25, 0.3) is 0 Å². The normalized spacial score (nSPS) is 47.9. The molecule has 5 fully saturated rings. The maximum Gasteiger partial charge on any atom is 0.202 e. The Morgan fingerprint density at radius 2 is 1.86 bits per heavy atom. The summed E-state index contributed by atoms with van der Waals surface area (Å²) in [6.07, 6.45) is 9.53. The van der Waals surface area contributed by atoms with Crippen molar-refractivity contribution in [1.82, 2.24) is 5.32 Å². The fraction of sp³-hybridized carbons (Fsp3) is 0.870. The van der Waals surface area contributed by atoms with Gasteiger partial charge in [-0.05, 0) is 74.2 Å². The third-order valence-corrected chi connectivity index (χ3v) is 9.29. The van der Waals surface area contributed by atoms with Gasteiger partial charge in [-0.1, -0.05) is 25.4 Å². The maximum atomic E-state index is 13.3. The average Bonchev–Trinajstić information content (AvgIpc) is 3.33. The topological polar surface area (TPSA) is 67.8 Å². The second-order valence-electron chi connectivity index (χ2n) is 10.7. The van der Waals surface area contributed by atoms with E-state index in [1.807, 2.05) is 0 Å². The molecule has 0 aromatic carbocycles. The molecular weight excluding hydrogens is 388 g/mol. The highest BCUT2D eigenvalue weighted by Crippen LogP contribution is 2.64. The van der Waals surface area contributed by atoms with Crippen LogP contribution in [0.5, 0.6) is 0 Å². The highest BCUT2D eigenvalue weighted by atomic mass is 35.5. The number of nitrogens with zero attached hydrogens (tertiary/aromatic N) is 1. The van der Waals surface area contributed by atoms with Crippen LogP contribution in [0.3, 0.4) is 0 Å². The van der Waals surface area contributed by atoms with Crippen molar-refractivity contribution in [3.63, 3.8) is 0 Å². The van der Waals surface area contributed by atoms with Crippen LogP contribution in [-0.4, -0.2) is 36.5 Å². The van der Waals surface area contributed by atoms with Crippen molar-refractivity contribution < 1.29 is 14.4 Å². The van der Waals surface area contributed by atoms with Gasteiger partial charge in [0.1, 0.15) is 6.10 Å². The number of fused-ring (bicyclic) bond motifs is 5. The van der Waals surface area contributed by atoms with E-state index in [2.05, 4.69) is 24.3 Å². The van der Waals surface area contributed by atoms with Crippen molar-refractivity contribution in [3.05, 3.63) is 0 Å². The van der Waals surface area contributed by atoms with E-state index in [-0.39, 0.29) is 52.7 Å². The summed E-state index contributed by atoms with van der Waals surface area (Å²) in [5.74, 6) is 0.440. The Bertz CT molecular complexity index is 719. The minimum absolute atomic E-state index is 0. The fourth-order valence-electron chi connectivity index (χ4n) is 7.51. The molecule has 0 aromatic rings. The zero-order chi connectivity index (χ0) is 19.5. The molecule has 7 atom stereocenters. The molecule has 5 nitrogen and oxygen atoms in total. The van der Waals surface area contributed by atoms with Crippen LogP contribution < -0.4 is 5.32 Å². The lowest BCUT2D eigenvalue weighted by Crippen LogP contribution is -2.60. The first-order valence-corrected chi connectivity index (χ1v) is 11.4. The zero-order valence-corrected chi connectivity index (χ0v) is 18.6. The maximum absolute atomic E-state index is 13.3. The molecular formula is C23H35ClN2O3. The summed E-state index contributed by atoms with van der Waals surface area (Å²) in [5, 5.41) is 7.71. The van der Waals surface area contributed by atoms with Gasteiger partial charge in [-0.25, -0.2) is 0 Å². The lowest BCUT2D eigenvalue weighted by molar-refractivity contribution is -0.164. The molecule has 4 saturated carbocycles. The highest BCUT2D eigenvalue weighted by Gasteiger charge is 2.63. The van der Waals surface area contributed by atoms with E-state index in [9.17, 15) is 9.59 Å². The Kier molecular flexibility index (Phi) is 5.61. The fourth-order valence-corrected chi connectivity index (χ4v) is 7.51. The third kappa shape index (κ3) is 3.27. The Labute approximate surface area is 180 Å². The van der Waals surface area contributed by atoms with Crippen LogP contribution in [0.15, 0.2) is 5.16 Å². The smallest absolute Gasteiger partial charge is 0.202 e. The van der Waals surface area contributed by atoms with Gasteiger partial charge in [-0.2, -0.15) is 0 Å². The van der Waals surface area contributed by atoms with Crippen LogP contribution in [0.4, 0.5) is 0 Å². The summed E-state index contributed by atoms with van der Waals surface area (Å²) in [7, 11) is 0. The first-order chi connectivity index (χ1) is 13.4. The quantitative estimate of drug-likeness (QED) is 0.540. The summed E-state index contributed by atoms with van der Waals surface area (Å²) in [6.45, 7) is 6.50. The molecule has 0 radical (unpaired) electrons. The summed E-state index contributed by atoms with van der Waals surface area (Å²) in [5.41, 5.74) is 1.22. The minimum Gasteiger partial charge on any atom is -0.391 e. The molecule has 0 spiro atoms. The van der Waals surface area contributed by atoms with Crippen molar-refractivity contribution >= 4 is 29.7 Å². The standard InChI is InChI=1S/C23H34N2O3.ClH/c1-22-8-3-4-16(22)19-17(6-9-22)23(2)10-5-14(12-18(23)20(26)21(19)27)25-28-15-7-11-24-13-15;/h15-19,24H,3-13H2,1-2H3;1H/b25-14+;/t15-,16+,17+,18?,19+,22+,23-;/m1./s1. The molecule has 6 heteroatoms. The lowest BCUT2D eigenvalue weighted by Gasteiger charge is -2.58. The predicted molar refractivity (Wildman–Crippen MR) is 114 cm³/mol. The Morgan fingerprint density at radius 3 is 2.62 bits per heavy atom. The molecule has 1 heterocycles. The molecule has 29 heavy (non-hydrogen) atoms. The van der Waals surface area contributed by atoms with Gasteiger partial charge < -0.3 is 10.2 Å². The van der Waals surface area contributed by atoms with E-state index in [0.29, 0.717) is 18.3 Å². The number of oxime groups is 1. The summed E-state index contributed by atoms with van der Waals surface area (Å²) >= 11 is 0. The van der Waals surface area contributed by atoms with Gasteiger partial charge in [0.05, 0.1) is 5.71 Å². The molecule has 162 valence electrons. The van der Waals surface area contributed by atoms with Crippen LogP contribution in [0.2, 0.25) is 0 Å². The molecule has 0 bridgehead atoms. The number of halogens is 1. The number of nitrogens with one attached hydrogen (secondary N) is 1. The number of ketones is 2. The first kappa shape index (κ1) is 21.3. The highest BCUT2D eigenvalue weighted by molar-refractivity contribution is 6.40. The van der Waals surface area contributed by atoms with Crippen molar-refractivity contribution in [2.75, 3.05) is 13.1 Å². The second-order valence-corrected chi connectivity index (χ2v) is 10.7. The van der Waals surface area contributed by atoms with Gasteiger partial charge >= 0.3 is 0 Å². The van der Waals surface area contributed by atoms with Gasteiger partial charge in [-0.15, -0.1) is 12.4 Å². The van der Waals surface area contributed by atoms with Crippen LogP contribution in [0.25, 0.3) is 0 Å². The van der Waals surface area contributed by atoms with Crippen molar-refractivity contribution in [1.29, 1.82) is 0 Å². The van der Waals surface area contributed by atoms with Gasteiger partial charge in [0.2, 0.25) is 11.6 Å². The number of rotatable bonds is 2. The number of hydrogen-bond acceptors (Lipinski definition) is 5. The third-order valence-electron chi connectivity index (χ3n) is 9.29. The summed E-state index contributed by atoms with van der Waals surface area (Å²) < 4.78 is 0.